The van der Waals surface area contributed by atoms with Crippen LogP contribution >= 0.6 is 23.5 Å². The van der Waals surface area contributed by atoms with Gasteiger partial charge in [-0.1, -0.05) is 0 Å². The summed E-state index contributed by atoms with van der Waals surface area (Å²) in [5, 5.41) is 20.2. The van der Waals surface area contributed by atoms with Gasteiger partial charge in [-0.3, -0.25) is 13.6 Å². The molecule has 1 aliphatic carbocycles. The molecule has 0 aromatic heterocycles. The fourth-order valence-electron chi connectivity index (χ4n) is 2.38. The lowest BCUT2D eigenvalue weighted by molar-refractivity contribution is -0.224. The highest BCUT2D eigenvalue weighted by Crippen LogP contribution is 2.49. The van der Waals surface area contributed by atoms with Gasteiger partial charge in [0.2, 0.25) is 0 Å². The van der Waals surface area contributed by atoms with Gasteiger partial charge in [-0.2, -0.15) is 0 Å². The second-order valence-corrected chi connectivity index (χ2v) is 8.66. The maximum atomic E-state index is 11.1. The highest BCUT2D eigenvalue weighted by atomic mass is 31.2. The molecule has 0 amide bonds. The van der Waals surface area contributed by atoms with Gasteiger partial charge in [0.05, 0.1) is 0 Å². The lowest BCUT2D eigenvalue weighted by atomic mass is 9.85. The van der Waals surface area contributed by atoms with E-state index in [0.717, 1.165) is 0 Å². The summed E-state index contributed by atoms with van der Waals surface area (Å²) in [6.07, 6.45) is -13.0. The van der Waals surface area contributed by atoms with Crippen LogP contribution in [-0.4, -0.2) is 82.8 Å². The third-order valence-electron chi connectivity index (χ3n) is 3.13. The quantitative estimate of drug-likeness (QED) is 0.180. The monoisotopic (exact) mass is 448 g/mol. The molecule has 26 heavy (non-hydrogen) atoms. The average molecular weight is 448 g/mol. The first kappa shape index (κ1) is 24.2. The van der Waals surface area contributed by atoms with Gasteiger partial charge in [0.25, 0.3) is 0 Å². The average Bonchev–Trinajstić information content (AvgIpc) is 2.40. The molecule has 0 bridgehead atoms. The van der Waals surface area contributed by atoms with E-state index in [1.54, 1.807) is 0 Å². The molecule has 0 radical (unpaired) electrons. The third-order valence-corrected chi connectivity index (χ3v) is 4.68. The van der Waals surface area contributed by atoms with E-state index in [1.807, 2.05) is 0 Å². The summed E-state index contributed by atoms with van der Waals surface area (Å²) in [6, 6.07) is 0. The van der Waals surface area contributed by atoms with E-state index in [0.29, 0.717) is 0 Å². The third kappa shape index (κ3) is 7.32. The van der Waals surface area contributed by atoms with Crippen molar-refractivity contribution in [3.8, 4) is 0 Å². The molecule has 1 aliphatic rings. The molecule has 1 fully saturated rings. The van der Waals surface area contributed by atoms with Crippen molar-refractivity contribution in [3.63, 3.8) is 0 Å². The van der Waals surface area contributed by atoms with Crippen molar-refractivity contribution in [3.05, 3.63) is 0 Å². The summed E-state index contributed by atoms with van der Waals surface area (Å²) < 4.78 is 51.0. The van der Waals surface area contributed by atoms with Gasteiger partial charge in [0.1, 0.15) is 36.6 Å². The minimum absolute atomic E-state index is 0.232. The van der Waals surface area contributed by atoms with Gasteiger partial charge >= 0.3 is 23.5 Å². The Morgan fingerprint density at radius 2 is 1.00 bits per heavy atom. The summed E-state index contributed by atoms with van der Waals surface area (Å²) >= 11 is 0. The molecule has 0 heterocycles. The second-order valence-electron chi connectivity index (χ2n) is 5.08. The molecule has 0 unspecified atom stereocenters. The first-order chi connectivity index (χ1) is 11.6. The van der Waals surface area contributed by atoms with Crippen LogP contribution in [0.25, 0.3) is 0 Å². The molecule has 1 rings (SSSR count). The van der Waals surface area contributed by atoms with E-state index in [1.165, 1.54) is 6.92 Å². The molecule has 8 N–H and O–H groups in total. The summed E-state index contributed by atoms with van der Waals surface area (Å²) in [7, 11) is -16.1. The number of hydrogen-bond donors (Lipinski definition) is 8. The maximum Gasteiger partial charge on any atom is 0.470 e. The first-order valence-corrected chi connectivity index (χ1v) is 11.3. The number of hydrogen-bond acceptors (Lipinski definition) is 9. The highest BCUT2D eigenvalue weighted by molar-refractivity contribution is 7.46. The number of phosphoric acid groups is 3. The Hall–Kier alpha value is 0.210. The number of rotatable bonds is 8. The molecular formula is C8H19O15P3. The molecule has 1 saturated carbocycles. The van der Waals surface area contributed by atoms with Crippen molar-refractivity contribution in [2.75, 3.05) is 6.61 Å². The van der Waals surface area contributed by atoms with Crippen LogP contribution in [0, 0.1) is 0 Å². The van der Waals surface area contributed by atoms with Crippen LogP contribution in [-0.2, 0) is 32.0 Å². The Morgan fingerprint density at radius 3 is 1.38 bits per heavy atom. The number of aliphatic hydroxyl groups is 2. The number of ether oxygens (including phenoxy) is 1. The van der Waals surface area contributed by atoms with Crippen molar-refractivity contribution in [2.24, 2.45) is 0 Å². The van der Waals surface area contributed by atoms with Crippen LogP contribution in [0.4, 0.5) is 0 Å². The number of aliphatic hydroxyl groups excluding tert-OH is 2. The maximum absolute atomic E-state index is 11.1. The Bertz CT molecular complexity index is 606. The zero-order chi connectivity index (χ0) is 20.5. The lowest BCUT2D eigenvalue weighted by Crippen LogP contribution is -2.65. The fraction of sp³-hybridized carbons (Fsp3) is 1.00. The Labute approximate surface area is 146 Å². The Morgan fingerprint density at radius 1 is 0.654 bits per heavy atom. The van der Waals surface area contributed by atoms with Crippen LogP contribution < -0.4 is 0 Å². The molecule has 0 spiro atoms. The lowest BCUT2D eigenvalue weighted by Gasteiger charge is -2.45. The van der Waals surface area contributed by atoms with Crippen LogP contribution in [0.2, 0.25) is 0 Å². The van der Waals surface area contributed by atoms with Gasteiger partial charge in [0, 0.05) is 6.61 Å². The predicted octanol–water partition coefficient (Wildman–Crippen LogP) is -2.44. The smallest absolute Gasteiger partial charge is 0.387 e. The predicted molar refractivity (Wildman–Crippen MR) is 78.2 cm³/mol. The van der Waals surface area contributed by atoms with E-state index in [9.17, 15) is 23.9 Å². The van der Waals surface area contributed by atoms with Gasteiger partial charge in [-0.05, 0) is 6.92 Å². The number of phosphoric ester groups is 3. The fourth-order valence-corrected chi connectivity index (χ4v) is 4.07. The second kappa shape index (κ2) is 8.70. The molecule has 6 atom stereocenters. The minimum Gasteiger partial charge on any atom is -0.387 e. The molecule has 0 aromatic rings. The topological polar surface area (TPSA) is 250 Å². The van der Waals surface area contributed by atoms with Gasteiger partial charge in [-0.25, -0.2) is 13.7 Å². The van der Waals surface area contributed by atoms with E-state index >= 15 is 0 Å². The summed E-state index contributed by atoms with van der Waals surface area (Å²) in [5.41, 5.74) is 0. The van der Waals surface area contributed by atoms with Crippen molar-refractivity contribution < 1.29 is 71.6 Å². The Balaban J connectivity index is 3.36. The zero-order valence-corrected chi connectivity index (χ0v) is 15.6. The Kier molecular flexibility index (Phi) is 8.11. The van der Waals surface area contributed by atoms with E-state index < -0.39 is 60.1 Å². The first-order valence-electron chi connectivity index (χ1n) is 6.75. The minimum atomic E-state index is -5.40. The van der Waals surface area contributed by atoms with Crippen LogP contribution in [0.5, 0.6) is 0 Å². The van der Waals surface area contributed by atoms with Gasteiger partial charge in [-0.15, -0.1) is 0 Å². The molecule has 15 nitrogen and oxygen atoms in total. The van der Waals surface area contributed by atoms with E-state index in [-0.39, 0.29) is 6.61 Å². The molecular weight excluding hydrogens is 429 g/mol. The summed E-state index contributed by atoms with van der Waals surface area (Å²) in [5.74, 6) is 0. The molecule has 0 saturated heterocycles. The van der Waals surface area contributed by atoms with Crippen molar-refractivity contribution >= 4 is 23.5 Å². The SMILES string of the molecule is CCO[C@@H]1[C@H](O)[C@H](OP(=O)(O)O)[C@@H](O)[C@H](OP(=O)(O)O)[C@H]1OP(=O)(O)O. The van der Waals surface area contributed by atoms with Crippen molar-refractivity contribution in [1.82, 2.24) is 0 Å². The van der Waals surface area contributed by atoms with Crippen LogP contribution in [0.15, 0.2) is 0 Å². The van der Waals surface area contributed by atoms with Crippen molar-refractivity contribution in [1.29, 1.82) is 0 Å². The van der Waals surface area contributed by atoms with Gasteiger partial charge < -0.3 is 44.3 Å². The van der Waals surface area contributed by atoms with Crippen molar-refractivity contribution in [2.45, 2.75) is 43.5 Å². The highest BCUT2D eigenvalue weighted by Gasteiger charge is 2.57. The zero-order valence-electron chi connectivity index (χ0n) is 12.9. The van der Waals surface area contributed by atoms with Crippen LogP contribution in [0.3, 0.4) is 0 Å². The molecule has 156 valence electrons. The summed E-state index contributed by atoms with van der Waals surface area (Å²) in [6.45, 7) is 1.13. The van der Waals surface area contributed by atoms with Crippen LogP contribution in [0.1, 0.15) is 6.92 Å². The van der Waals surface area contributed by atoms with E-state index in [4.69, 9.17) is 34.1 Å². The normalized spacial score (nSPS) is 34.0. The largest absolute Gasteiger partial charge is 0.470 e. The standard InChI is InChI=1S/C8H19O15P3/c1-2-20-6-3(9)5(21-24(11,12)13)4(10)7(22-25(14,15)16)8(6)23-26(17,18)19/h3-10H,2H2,1H3,(H2,11,12,13)(H2,14,15,16)(H2,17,18,19)/t3-,4-,5+,6-,7+,8+/m1/s1. The molecule has 0 aromatic carbocycles. The van der Waals surface area contributed by atoms with Gasteiger partial charge in [0.15, 0.2) is 0 Å². The van der Waals surface area contributed by atoms with E-state index in [2.05, 4.69) is 13.6 Å². The summed E-state index contributed by atoms with van der Waals surface area (Å²) in [4.78, 5) is 53.5. The molecule has 18 heteroatoms. The molecule has 0 aliphatic heterocycles.